The third kappa shape index (κ3) is 4.88. The fourth-order valence-electron chi connectivity index (χ4n) is 4.10. The van der Waals surface area contributed by atoms with Crippen molar-refractivity contribution in [2.75, 3.05) is 40.4 Å². The molecular formula is C20H31N3O2. The molecule has 1 saturated carbocycles. The molecular weight excluding hydrogens is 314 g/mol. The van der Waals surface area contributed by atoms with Crippen LogP contribution in [0.2, 0.25) is 0 Å². The van der Waals surface area contributed by atoms with Crippen LogP contribution in [-0.4, -0.2) is 51.3 Å². The molecule has 1 aliphatic heterocycles. The maximum Gasteiger partial charge on any atom is 0.193 e. The summed E-state index contributed by atoms with van der Waals surface area (Å²) in [4.78, 5) is 6.90. The molecule has 2 fully saturated rings. The van der Waals surface area contributed by atoms with Gasteiger partial charge in [0.25, 0.3) is 0 Å². The van der Waals surface area contributed by atoms with Gasteiger partial charge in [-0.1, -0.05) is 25.0 Å². The van der Waals surface area contributed by atoms with Crippen LogP contribution in [0.3, 0.4) is 0 Å². The molecule has 2 aliphatic rings. The van der Waals surface area contributed by atoms with Gasteiger partial charge in [-0.3, -0.25) is 4.99 Å². The van der Waals surface area contributed by atoms with E-state index in [1.54, 1.807) is 7.11 Å². The quantitative estimate of drug-likeness (QED) is 0.489. The second-order valence-corrected chi connectivity index (χ2v) is 7.09. The summed E-state index contributed by atoms with van der Waals surface area (Å²) in [6.07, 6.45) is 5.59. The monoisotopic (exact) mass is 345 g/mol. The number of nitrogens with zero attached hydrogens (tertiary/aromatic N) is 2. The Hall–Kier alpha value is -1.75. The van der Waals surface area contributed by atoms with E-state index in [1.807, 2.05) is 25.2 Å². The smallest absolute Gasteiger partial charge is 0.193 e. The predicted molar refractivity (Wildman–Crippen MR) is 101 cm³/mol. The molecule has 0 amide bonds. The van der Waals surface area contributed by atoms with E-state index in [1.165, 1.54) is 25.7 Å². The number of methoxy groups -OCH3 is 1. The highest BCUT2D eigenvalue weighted by Crippen LogP contribution is 2.35. The van der Waals surface area contributed by atoms with Gasteiger partial charge in [0.15, 0.2) is 5.96 Å². The Morgan fingerprint density at radius 1 is 1.24 bits per heavy atom. The number of hydrogen-bond donors (Lipinski definition) is 1. The molecule has 2 atom stereocenters. The first-order chi connectivity index (χ1) is 12.3. The lowest BCUT2D eigenvalue weighted by Crippen LogP contribution is -2.41. The first kappa shape index (κ1) is 18.1. The van der Waals surface area contributed by atoms with Gasteiger partial charge in [-0.2, -0.15) is 0 Å². The van der Waals surface area contributed by atoms with Crippen molar-refractivity contribution < 1.29 is 9.47 Å². The average Bonchev–Trinajstić information content (AvgIpc) is 3.08. The number of rotatable bonds is 6. The standard InChI is InChI=1S/C20H31N3O2/c1-21-20(23-13-17-7-3-4-8-18(17)14-23)22-10-11-25-15-16-6-5-9-19(12-16)24-2/h5-6,9,12,17-18H,3-4,7-8,10-11,13-15H2,1-2H3,(H,21,22). The maximum atomic E-state index is 5.78. The fraction of sp³-hybridized carbons (Fsp3) is 0.650. The normalized spacial score (nSPS) is 23.4. The zero-order valence-electron chi connectivity index (χ0n) is 15.5. The molecule has 0 bridgehead atoms. The van der Waals surface area contributed by atoms with Crippen molar-refractivity contribution in [1.29, 1.82) is 0 Å². The van der Waals surface area contributed by atoms with Crippen LogP contribution in [0.4, 0.5) is 0 Å². The van der Waals surface area contributed by atoms with Crippen LogP contribution in [0.1, 0.15) is 31.2 Å². The second-order valence-electron chi connectivity index (χ2n) is 7.09. The number of hydrogen-bond acceptors (Lipinski definition) is 3. The Balaban J connectivity index is 1.37. The minimum absolute atomic E-state index is 0.603. The van der Waals surface area contributed by atoms with Crippen LogP contribution in [-0.2, 0) is 11.3 Å². The van der Waals surface area contributed by atoms with E-state index >= 15 is 0 Å². The molecule has 1 aromatic rings. The molecule has 138 valence electrons. The van der Waals surface area contributed by atoms with Crippen LogP contribution >= 0.6 is 0 Å². The average molecular weight is 345 g/mol. The molecule has 1 heterocycles. The number of likely N-dealkylation sites (tertiary alicyclic amines) is 1. The fourth-order valence-corrected chi connectivity index (χ4v) is 4.10. The third-order valence-corrected chi connectivity index (χ3v) is 5.42. The lowest BCUT2D eigenvalue weighted by molar-refractivity contribution is 0.125. The van der Waals surface area contributed by atoms with Gasteiger partial charge >= 0.3 is 0 Å². The summed E-state index contributed by atoms with van der Waals surface area (Å²) in [5.41, 5.74) is 1.13. The van der Waals surface area contributed by atoms with Crippen LogP contribution < -0.4 is 10.1 Å². The highest BCUT2D eigenvalue weighted by atomic mass is 16.5. The van der Waals surface area contributed by atoms with Crippen molar-refractivity contribution >= 4 is 5.96 Å². The van der Waals surface area contributed by atoms with Gasteiger partial charge in [0, 0.05) is 26.7 Å². The third-order valence-electron chi connectivity index (χ3n) is 5.42. The molecule has 3 rings (SSSR count). The van der Waals surface area contributed by atoms with Gasteiger partial charge in [-0.25, -0.2) is 0 Å². The van der Waals surface area contributed by atoms with Gasteiger partial charge in [0.1, 0.15) is 5.75 Å². The highest BCUT2D eigenvalue weighted by Gasteiger charge is 2.35. The molecule has 0 aromatic heterocycles. The summed E-state index contributed by atoms with van der Waals surface area (Å²) in [7, 11) is 3.56. The minimum Gasteiger partial charge on any atom is -0.497 e. The van der Waals surface area contributed by atoms with Gasteiger partial charge in [-0.05, 0) is 42.4 Å². The molecule has 0 spiro atoms. The van der Waals surface area contributed by atoms with Crippen LogP contribution in [0, 0.1) is 11.8 Å². The van der Waals surface area contributed by atoms with E-state index in [9.17, 15) is 0 Å². The zero-order chi connectivity index (χ0) is 17.5. The molecule has 1 aromatic carbocycles. The molecule has 2 unspecified atom stereocenters. The zero-order valence-corrected chi connectivity index (χ0v) is 15.5. The Morgan fingerprint density at radius 3 is 2.68 bits per heavy atom. The highest BCUT2D eigenvalue weighted by molar-refractivity contribution is 5.80. The molecule has 0 radical (unpaired) electrons. The van der Waals surface area contributed by atoms with E-state index in [0.29, 0.717) is 13.2 Å². The first-order valence-electron chi connectivity index (χ1n) is 9.46. The SMILES string of the molecule is CN=C(NCCOCc1cccc(OC)c1)N1CC2CCCCC2C1. The number of nitrogens with one attached hydrogen (secondary N) is 1. The first-order valence-corrected chi connectivity index (χ1v) is 9.46. The number of guanidine groups is 1. The molecule has 5 nitrogen and oxygen atoms in total. The summed E-state index contributed by atoms with van der Waals surface area (Å²) in [6, 6.07) is 8.01. The van der Waals surface area contributed by atoms with Crippen molar-refractivity contribution in [2.24, 2.45) is 16.8 Å². The van der Waals surface area contributed by atoms with E-state index in [2.05, 4.69) is 21.3 Å². The molecule has 1 aliphatic carbocycles. The molecule has 25 heavy (non-hydrogen) atoms. The van der Waals surface area contributed by atoms with Crippen LogP contribution in [0.25, 0.3) is 0 Å². The molecule has 1 N–H and O–H groups in total. The second kappa shape index (κ2) is 9.09. The van der Waals surface area contributed by atoms with Crippen molar-refractivity contribution in [3.05, 3.63) is 29.8 Å². The summed E-state index contributed by atoms with van der Waals surface area (Å²) in [6.45, 7) is 4.37. The van der Waals surface area contributed by atoms with E-state index < -0.39 is 0 Å². The Kier molecular flexibility index (Phi) is 6.56. The number of benzene rings is 1. The minimum atomic E-state index is 0.603. The Morgan fingerprint density at radius 2 is 2.00 bits per heavy atom. The summed E-state index contributed by atoms with van der Waals surface area (Å²) < 4.78 is 11.0. The Bertz CT molecular complexity index is 562. The summed E-state index contributed by atoms with van der Waals surface area (Å²) >= 11 is 0. The maximum absolute atomic E-state index is 5.78. The largest absolute Gasteiger partial charge is 0.497 e. The number of fused-ring (bicyclic) bond motifs is 1. The van der Waals surface area contributed by atoms with E-state index in [0.717, 1.165) is 48.7 Å². The van der Waals surface area contributed by atoms with Crippen molar-refractivity contribution in [3.8, 4) is 5.75 Å². The van der Waals surface area contributed by atoms with Gasteiger partial charge in [0.2, 0.25) is 0 Å². The predicted octanol–water partition coefficient (Wildman–Crippen LogP) is 2.91. The van der Waals surface area contributed by atoms with Gasteiger partial charge in [0.05, 0.1) is 20.3 Å². The van der Waals surface area contributed by atoms with Crippen molar-refractivity contribution in [3.63, 3.8) is 0 Å². The lowest BCUT2D eigenvalue weighted by atomic mass is 9.82. The number of ether oxygens (including phenoxy) is 2. The van der Waals surface area contributed by atoms with Crippen molar-refractivity contribution in [2.45, 2.75) is 32.3 Å². The van der Waals surface area contributed by atoms with E-state index in [4.69, 9.17) is 9.47 Å². The lowest BCUT2D eigenvalue weighted by Gasteiger charge is -2.22. The van der Waals surface area contributed by atoms with Crippen molar-refractivity contribution in [1.82, 2.24) is 10.2 Å². The van der Waals surface area contributed by atoms with Gasteiger partial charge < -0.3 is 19.7 Å². The number of aliphatic imine (C=N–C) groups is 1. The van der Waals surface area contributed by atoms with E-state index in [-0.39, 0.29) is 0 Å². The summed E-state index contributed by atoms with van der Waals surface area (Å²) in [5.74, 6) is 3.64. The van der Waals surface area contributed by atoms with Crippen LogP contribution in [0.15, 0.2) is 29.3 Å². The molecule has 5 heteroatoms. The Labute approximate surface area is 151 Å². The topological polar surface area (TPSA) is 46.1 Å². The van der Waals surface area contributed by atoms with Gasteiger partial charge in [-0.15, -0.1) is 0 Å². The summed E-state index contributed by atoms with van der Waals surface area (Å²) in [5, 5.41) is 3.46. The molecule has 1 saturated heterocycles. The van der Waals surface area contributed by atoms with Crippen LogP contribution in [0.5, 0.6) is 5.75 Å².